The molecule has 5 heteroatoms. The molecule has 0 bridgehead atoms. The highest BCUT2D eigenvalue weighted by Gasteiger charge is 2.24. The lowest BCUT2D eigenvalue weighted by atomic mass is 9.88. The first kappa shape index (κ1) is 11.9. The van der Waals surface area contributed by atoms with Gasteiger partial charge in [-0.05, 0) is 31.0 Å². The molecule has 98 valence electrons. The summed E-state index contributed by atoms with van der Waals surface area (Å²) in [5.74, 6) is 0.226. The highest BCUT2D eigenvalue weighted by molar-refractivity contribution is 5.95. The van der Waals surface area contributed by atoms with Crippen LogP contribution in [-0.2, 0) is 9.59 Å². The van der Waals surface area contributed by atoms with Gasteiger partial charge in [0.15, 0.2) is 0 Å². The third kappa shape index (κ3) is 2.50. The SMILES string of the molecule is O=C1CCC(C(=O)Nc2ccc3nc[nH]c3c2)CC1. The Kier molecular flexibility index (Phi) is 3.03. The molecule has 0 aliphatic heterocycles. The van der Waals surface area contributed by atoms with E-state index >= 15 is 0 Å². The minimum absolute atomic E-state index is 0.00589. The van der Waals surface area contributed by atoms with Gasteiger partial charge >= 0.3 is 0 Å². The number of carbonyl (C=O) groups is 2. The first-order chi connectivity index (χ1) is 9.22. The third-order valence-electron chi connectivity index (χ3n) is 3.60. The van der Waals surface area contributed by atoms with Gasteiger partial charge in [-0.1, -0.05) is 0 Å². The van der Waals surface area contributed by atoms with Gasteiger partial charge < -0.3 is 10.3 Å². The minimum atomic E-state index is -0.0461. The quantitative estimate of drug-likeness (QED) is 0.866. The van der Waals surface area contributed by atoms with Gasteiger partial charge in [-0.15, -0.1) is 0 Å². The van der Waals surface area contributed by atoms with Crippen molar-refractivity contribution in [1.29, 1.82) is 0 Å². The standard InChI is InChI=1S/C14H15N3O2/c18-11-4-1-9(2-5-11)14(19)17-10-3-6-12-13(7-10)16-8-15-12/h3,6-9H,1-2,4-5H2,(H,15,16)(H,17,19). The molecule has 0 saturated heterocycles. The van der Waals surface area contributed by atoms with E-state index in [0.717, 1.165) is 16.7 Å². The summed E-state index contributed by atoms with van der Waals surface area (Å²) in [5.41, 5.74) is 2.54. The first-order valence-electron chi connectivity index (χ1n) is 6.48. The number of aromatic amines is 1. The Morgan fingerprint density at radius 3 is 2.89 bits per heavy atom. The Hall–Kier alpha value is -2.17. The largest absolute Gasteiger partial charge is 0.345 e. The Labute approximate surface area is 110 Å². The molecule has 1 aromatic carbocycles. The van der Waals surface area contributed by atoms with Crippen molar-refractivity contribution in [2.24, 2.45) is 5.92 Å². The Balaban J connectivity index is 1.70. The molecule has 1 aliphatic rings. The van der Waals surface area contributed by atoms with Crippen molar-refractivity contribution in [2.45, 2.75) is 25.7 Å². The van der Waals surface area contributed by atoms with Crippen LogP contribution in [0.4, 0.5) is 5.69 Å². The summed E-state index contributed by atoms with van der Waals surface area (Å²) in [4.78, 5) is 30.4. The fraction of sp³-hybridized carbons (Fsp3) is 0.357. The lowest BCUT2D eigenvalue weighted by Crippen LogP contribution is -2.27. The number of nitrogens with zero attached hydrogens (tertiary/aromatic N) is 1. The number of imidazole rings is 1. The molecule has 1 aliphatic carbocycles. The zero-order chi connectivity index (χ0) is 13.2. The molecular formula is C14H15N3O2. The van der Waals surface area contributed by atoms with Crippen molar-refractivity contribution in [3.05, 3.63) is 24.5 Å². The van der Waals surface area contributed by atoms with Crippen LogP contribution < -0.4 is 5.32 Å². The van der Waals surface area contributed by atoms with Crippen molar-refractivity contribution in [1.82, 2.24) is 9.97 Å². The van der Waals surface area contributed by atoms with E-state index in [-0.39, 0.29) is 17.6 Å². The molecule has 1 amide bonds. The van der Waals surface area contributed by atoms with Crippen molar-refractivity contribution < 1.29 is 9.59 Å². The maximum atomic E-state index is 12.1. The van der Waals surface area contributed by atoms with Crippen molar-refractivity contribution >= 4 is 28.4 Å². The molecule has 0 unspecified atom stereocenters. The number of hydrogen-bond donors (Lipinski definition) is 2. The van der Waals surface area contributed by atoms with Crippen LogP contribution in [0.15, 0.2) is 24.5 Å². The van der Waals surface area contributed by atoms with Gasteiger partial charge in [0.05, 0.1) is 17.4 Å². The molecule has 0 spiro atoms. The topological polar surface area (TPSA) is 74.8 Å². The number of amides is 1. The second kappa shape index (κ2) is 4.84. The van der Waals surface area contributed by atoms with E-state index in [0.29, 0.717) is 25.7 Å². The molecule has 5 nitrogen and oxygen atoms in total. The van der Waals surface area contributed by atoms with E-state index < -0.39 is 0 Å². The normalized spacial score (nSPS) is 16.7. The van der Waals surface area contributed by atoms with Gasteiger partial charge in [0.2, 0.25) is 5.91 Å². The van der Waals surface area contributed by atoms with E-state index in [1.165, 1.54) is 0 Å². The average Bonchev–Trinajstić information content (AvgIpc) is 2.87. The van der Waals surface area contributed by atoms with Gasteiger partial charge in [0.25, 0.3) is 0 Å². The molecule has 0 atom stereocenters. The van der Waals surface area contributed by atoms with Crippen molar-refractivity contribution in [3.8, 4) is 0 Å². The second-order valence-corrected chi connectivity index (χ2v) is 4.94. The summed E-state index contributed by atoms with van der Waals surface area (Å²) < 4.78 is 0. The van der Waals surface area contributed by atoms with Gasteiger partial charge in [-0.2, -0.15) is 0 Å². The molecule has 3 rings (SSSR count). The summed E-state index contributed by atoms with van der Waals surface area (Å²) >= 11 is 0. The van der Waals surface area contributed by atoms with Gasteiger partial charge in [0, 0.05) is 24.4 Å². The van der Waals surface area contributed by atoms with Gasteiger partial charge in [0.1, 0.15) is 5.78 Å². The molecule has 2 N–H and O–H groups in total. The van der Waals surface area contributed by atoms with E-state index in [9.17, 15) is 9.59 Å². The fourth-order valence-electron chi connectivity index (χ4n) is 2.46. The molecular weight excluding hydrogens is 242 g/mol. The van der Waals surface area contributed by atoms with E-state index in [1.54, 1.807) is 6.33 Å². The van der Waals surface area contributed by atoms with E-state index in [2.05, 4.69) is 15.3 Å². The van der Waals surface area contributed by atoms with Crippen LogP contribution in [0.5, 0.6) is 0 Å². The van der Waals surface area contributed by atoms with Crippen LogP contribution in [-0.4, -0.2) is 21.7 Å². The van der Waals surface area contributed by atoms with Crippen LogP contribution in [0.2, 0.25) is 0 Å². The van der Waals surface area contributed by atoms with Crippen LogP contribution in [0.1, 0.15) is 25.7 Å². The Bertz CT molecular complexity index is 622. The predicted octanol–water partition coefficient (Wildman–Crippen LogP) is 2.26. The molecule has 1 aromatic heterocycles. The summed E-state index contributed by atoms with van der Waals surface area (Å²) in [5, 5.41) is 2.91. The number of benzene rings is 1. The van der Waals surface area contributed by atoms with Crippen LogP contribution >= 0.6 is 0 Å². The summed E-state index contributed by atoms with van der Waals surface area (Å²) in [6, 6.07) is 5.58. The molecule has 2 aromatic rings. The van der Waals surface area contributed by atoms with Crippen LogP contribution in [0.3, 0.4) is 0 Å². The number of ketones is 1. The fourth-order valence-corrected chi connectivity index (χ4v) is 2.46. The molecule has 0 radical (unpaired) electrons. The molecule has 1 heterocycles. The summed E-state index contributed by atoms with van der Waals surface area (Å²) in [6.07, 6.45) is 4.01. The smallest absolute Gasteiger partial charge is 0.227 e. The maximum absolute atomic E-state index is 12.1. The number of aromatic nitrogens is 2. The number of hydrogen-bond acceptors (Lipinski definition) is 3. The predicted molar refractivity (Wildman–Crippen MR) is 71.7 cm³/mol. The maximum Gasteiger partial charge on any atom is 0.227 e. The number of rotatable bonds is 2. The minimum Gasteiger partial charge on any atom is -0.345 e. The molecule has 1 saturated carbocycles. The number of anilines is 1. The third-order valence-corrected chi connectivity index (χ3v) is 3.60. The number of nitrogens with one attached hydrogen (secondary N) is 2. The highest BCUT2D eigenvalue weighted by atomic mass is 16.2. The van der Waals surface area contributed by atoms with E-state index in [1.807, 2.05) is 18.2 Å². The van der Waals surface area contributed by atoms with Crippen molar-refractivity contribution in [3.63, 3.8) is 0 Å². The molecule has 19 heavy (non-hydrogen) atoms. The number of carbonyl (C=O) groups excluding carboxylic acids is 2. The zero-order valence-corrected chi connectivity index (χ0v) is 10.5. The van der Waals surface area contributed by atoms with Crippen LogP contribution in [0.25, 0.3) is 11.0 Å². The first-order valence-corrected chi connectivity index (χ1v) is 6.48. The van der Waals surface area contributed by atoms with Gasteiger partial charge in [-0.25, -0.2) is 4.98 Å². The average molecular weight is 257 g/mol. The molecule has 1 fully saturated rings. The zero-order valence-electron chi connectivity index (χ0n) is 10.5. The monoisotopic (exact) mass is 257 g/mol. The Morgan fingerprint density at radius 1 is 1.32 bits per heavy atom. The lowest BCUT2D eigenvalue weighted by Gasteiger charge is -2.20. The van der Waals surface area contributed by atoms with Crippen molar-refractivity contribution in [2.75, 3.05) is 5.32 Å². The van der Waals surface area contributed by atoms with Crippen LogP contribution in [0, 0.1) is 5.92 Å². The summed E-state index contributed by atoms with van der Waals surface area (Å²) in [6.45, 7) is 0. The Morgan fingerprint density at radius 2 is 2.11 bits per heavy atom. The van der Waals surface area contributed by atoms with E-state index in [4.69, 9.17) is 0 Å². The number of fused-ring (bicyclic) bond motifs is 1. The number of H-pyrrole nitrogens is 1. The summed E-state index contributed by atoms with van der Waals surface area (Å²) in [7, 11) is 0. The second-order valence-electron chi connectivity index (χ2n) is 4.94. The van der Waals surface area contributed by atoms with Gasteiger partial charge in [-0.3, -0.25) is 9.59 Å². The highest BCUT2D eigenvalue weighted by Crippen LogP contribution is 2.23. The number of Topliss-reactive ketones (excluding diaryl/α,β-unsaturated/α-hetero) is 1. The lowest BCUT2D eigenvalue weighted by molar-refractivity contribution is -0.125.